The van der Waals surface area contributed by atoms with Crippen LogP contribution in [0, 0.1) is 0 Å². The number of nitrogens with zero attached hydrogens (tertiary/aromatic N) is 1. The maximum atomic E-state index is 12.0. The zero-order chi connectivity index (χ0) is 14.6. The van der Waals surface area contributed by atoms with Crippen LogP contribution in [-0.4, -0.2) is 69.6 Å². The maximum absolute atomic E-state index is 12.0. The summed E-state index contributed by atoms with van der Waals surface area (Å²) in [5.74, 6) is -1.08. The summed E-state index contributed by atoms with van der Waals surface area (Å²) in [6.45, 7) is 1.32. The van der Waals surface area contributed by atoms with Gasteiger partial charge in [0, 0.05) is 13.2 Å². The van der Waals surface area contributed by atoms with Crippen LogP contribution in [0.25, 0.3) is 0 Å². The number of hydrogen-bond acceptors (Lipinski definition) is 6. The second-order valence-corrected chi connectivity index (χ2v) is 6.72. The lowest BCUT2D eigenvalue weighted by molar-refractivity contribution is -0.155. The number of carbonyl (C=O) groups excluding carboxylic acids is 2. The lowest BCUT2D eigenvalue weighted by Gasteiger charge is -2.32. The predicted molar refractivity (Wildman–Crippen MR) is 67.3 cm³/mol. The van der Waals surface area contributed by atoms with Crippen LogP contribution in [0.15, 0.2) is 0 Å². The molecule has 2 atom stereocenters. The van der Waals surface area contributed by atoms with Gasteiger partial charge in [0.15, 0.2) is 9.84 Å². The minimum Gasteiger partial charge on any atom is -0.467 e. The fourth-order valence-corrected chi connectivity index (χ4v) is 3.92. The number of carbonyl (C=O) groups is 2. The monoisotopic (exact) mass is 293 g/mol. The molecule has 0 aliphatic carbocycles. The molecule has 0 aromatic carbocycles. The van der Waals surface area contributed by atoms with Gasteiger partial charge in [-0.1, -0.05) is 0 Å². The average Bonchev–Trinajstić information content (AvgIpc) is 2.69. The Bertz CT molecular complexity index is 446. The van der Waals surface area contributed by atoms with E-state index in [0.29, 0.717) is 6.42 Å². The molecule has 0 saturated carbocycles. The molecule has 1 saturated heterocycles. The first-order valence-corrected chi connectivity index (χ1v) is 7.73. The highest BCUT2D eigenvalue weighted by atomic mass is 32.2. The SMILES string of the molecule is COCC(=O)N([C@@H]1CCS(=O)(=O)C1)[C@H](C)C(=O)OC. The highest BCUT2D eigenvalue weighted by Crippen LogP contribution is 2.20. The van der Waals surface area contributed by atoms with Gasteiger partial charge in [0.2, 0.25) is 5.91 Å². The van der Waals surface area contributed by atoms with Crippen molar-refractivity contribution in [3.63, 3.8) is 0 Å². The maximum Gasteiger partial charge on any atom is 0.328 e. The van der Waals surface area contributed by atoms with E-state index in [4.69, 9.17) is 4.74 Å². The molecule has 0 spiro atoms. The smallest absolute Gasteiger partial charge is 0.328 e. The first-order valence-electron chi connectivity index (χ1n) is 5.90. The van der Waals surface area contributed by atoms with Gasteiger partial charge in [-0.25, -0.2) is 13.2 Å². The van der Waals surface area contributed by atoms with E-state index in [1.54, 1.807) is 0 Å². The molecule has 7 nitrogen and oxygen atoms in total. The van der Waals surface area contributed by atoms with Crippen LogP contribution in [0.3, 0.4) is 0 Å². The number of esters is 1. The van der Waals surface area contributed by atoms with Crippen molar-refractivity contribution in [2.45, 2.75) is 25.4 Å². The van der Waals surface area contributed by atoms with Crippen LogP contribution < -0.4 is 0 Å². The Morgan fingerprint density at radius 3 is 2.42 bits per heavy atom. The Hall–Kier alpha value is -1.15. The van der Waals surface area contributed by atoms with Crippen LogP contribution in [0.5, 0.6) is 0 Å². The van der Waals surface area contributed by atoms with Gasteiger partial charge >= 0.3 is 5.97 Å². The van der Waals surface area contributed by atoms with Crippen LogP contribution in [0.2, 0.25) is 0 Å². The lowest BCUT2D eigenvalue weighted by Crippen LogP contribution is -2.51. The Morgan fingerprint density at radius 1 is 1.37 bits per heavy atom. The zero-order valence-corrected chi connectivity index (χ0v) is 12.1. The van der Waals surface area contributed by atoms with Crippen molar-refractivity contribution >= 4 is 21.7 Å². The van der Waals surface area contributed by atoms with E-state index in [9.17, 15) is 18.0 Å². The number of sulfone groups is 1. The molecule has 0 aromatic heterocycles. The Morgan fingerprint density at radius 2 is 2.00 bits per heavy atom. The molecule has 1 aliphatic rings. The van der Waals surface area contributed by atoms with Crippen molar-refractivity contribution in [1.29, 1.82) is 0 Å². The first-order chi connectivity index (χ1) is 8.82. The van der Waals surface area contributed by atoms with E-state index in [-0.39, 0.29) is 18.1 Å². The fraction of sp³-hybridized carbons (Fsp3) is 0.818. The number of hydrogen-bond donors (Lipinski definition) is 0. The van der Waals surface area contributed by atoms with Crippen LogP contribution in [0.1, 0.15) is 13.3 Å². The van der Waals surface area contributed by atoms with E-state index >= 15 is 0 Å². The standard InChI is InChI=1S/C11H19NO6S/c1-8(11(14)18-3)12(10(13)6-17-2)9-4-5-19(15,16)7-9/h8-9H,4-7H2,1-3H3/t8-,9-/m1/s1. The first kappa shape index (κ1) is 15.9. The molecule has 0 N–H and O–H groups in total. The lowest BCUT2D eigenvalue weighted by atomic mass is 10.1. The molecule has 0 unspecified atom stereocenters. The molecule has 0 bridgehead atoms. The highest BCUT2D eigenvalue weighted by molar-refractivity contribution is 7.91. The fourth-order valence-electron chi connectivity index (χ4n) is 2.21. The van der Waals surface area contributed by atoms with E-state index in [1.165, 1.54) is 26.0 Å². The molecule has 19 heavy (non-hydrogen) atoms. The van der Waals surface area contributed by atoms with Crippen molar-refractivity contribution in [1.82, 2.24) is 4.90 Å². The minimum atomic E-state index is -3.14. The van der Waals surface area contributed by atoms with Crippen LogP contribution >= 0.6 is 0 Å². The van der Waals surface area contributed by atoms with E-state index in [1.807, 2.05) is 0 Å². The second kappa shape index (κ2) is 6.33. The summed E-state index contributed by atoms with van der Waals surface area (Å²) in [5, 5.41) is 0. The minimum absolute atomic E-state index is 0.0301. The number of methoxy groups -OCH3 is 2. The summed E-state index contributed by atoms with van der Waals surface area (Å²) in [7, 11) is -0.551. The molecule has 1 amide bonds. The van der Waals surface area contributed by atoms with Crippen molar-refractivity contribution in [3.8, 4) is 0 Å². The summed E-state index contributed by atoms with van der Waals surface area (Å²) in [6, 6.07) is -1.33. The third-order valence-electron chi connectivity index (χ3n) is 3.12. The van der Waals surface area contributed by atoms with Crippen molar-refractivity contribution in [3.05, 3.63) is 0 Å². The number of rotatable bonds is 5. The van der Waals surface area contributed by atoms with E-state index in [2.05, 4.69) is 4.74 Å². The molecule has 8 heteroatoms. The van der Waals surface area contributed by atoms with Crippen molar-refractivity contribution in [2.24, 2.45) is 0 Å². The van der Waals surface area contributed by atoms with E-state index < -0.39 is 33.8 Å². The van der Waals surface area contributed by atoms with Gasteiger partial charge in [0.05, 0.1) is 18.6 Å². The third-order valence-corrected chi connectivity index (χ3v) is 4.87. The van der Waals surface area contributed by atoms with Crippen LogP contribution in [0.4, 0.5) is 0 Å². The molecule has 1 aliphatic heterocycles. The largest absolute Gasteiger partial charge is 0.467 e. The molecule has 1 rings (SSSR count). The van der Waals surface area contributed by atoms with E-state index in [0.717, 1.165) is 0 Å². The molecule has 0 aromatic rings. The zero-order valence-electron chi connectivity index (χ0n) is 11.3. The van der Waals surface area contributed by atoms with Crippen molar-refractivity contribution < 1.29 is 27.5 Å². The Balaban J connectivity index is 2.93. The normalized spacial score (nSPS) is 22.8. The molecule has 110 valence electrons. The van der Waals surface area contributed by atoms with Gasteiger partial charge in [-0.2, -0.15) is 0 Å². The topological polar surface area (TPSA) is 90.0 Å². The molecule has 1 heterocycles. The van der Waals surface area contributed by atoms with Gasteiger partial charge in [-0.05, 0) is 13.3 Å². The molecule has 1 fully saturated rings. The predicted octanol–water partition coefficient (Wildman–Crippen LogP) is -0.790. The van der Waals surface area contributed by atoms with Crippen LogP contribution in [-0.2, 0) is 28.9 Å². The highest BCUT2D eigenvalue weighted by Gasteiger charge is 2.39. The Labute approximate surface area is 112 Å². The van der Waals surface area contributed by atoms with Gasteiger partial charge in [0.1, 0.15) is 12.6 Å². The van der Waals surface area contributed by atoms with Gasteiger partial charge in [-0.3, -0.25) is 4.79 Å². The summed E-state index contributed by atoms with van der Waals surface area (Å²) in [6.07, 6.45) is 0.332. The van der Waals surface area contributed by atoms with Gasteiger partial charge in [0.25, 0.3) is 0 Å². The third kappa shape index (κ3) is 3.90. The summed E-state index contributed by atoms with van der Waals surface area (Å²) in [4.78, 5) is 24.8. The quantitative estimate of drug-likeness (QED) is 0.617. The molecule has 0 radical (unpaired) electrons. The van der Waals surface area contributed by atoms with Crippen molar-refractivity contribution in [2.75, 3.05) is 32.3 Å². The Kier molecular flexibility index (Phi) is 5.30. The molecular weight excluding hydrogens is 274 g/mol. The summed E-state index contributed by atoms with van der Waals surface area (Å²) >= 11 is 0. The van der Waals surface area contributed by atoms with Gasteiger partial charge < -0.3 is 14.4 Å². The average molecular weight is 293 g/mol. The number of ether oxygens (including phenoxy) is 2. The number of amides is 1. The summed E-state index contributed by atoms with van der Waals surface area (Å²) in [5.41, 5.74) is 0. The second-order valence-electron chi connectivity index (χ2n) is 4.49. The summed E-state index contributed by atoms with van der Waals surface area (Å²) < 4.78 is 32.4. The molecular formula is C11H19NO6S. The van der Waals surface area contributed by atoms with Gasteiger partial charge in [-0.15, -0.1) is 0 Å².